The summed E-state index contributed by atoms with van der Waals surface area (Å²) < 4.78 is 2.14. The van der Waals surface area contributed by atoms with Gasteiger partial charge in [0.15, 0.2) is 0 Å². The predicted molar refractivity (Wildman–Crippen MR) is 64.1 cm³/mol. The molecule has 2 rings (SSSR count). The fourth-order valence-corrected chi connectivity index (χ4v) is 3.09. The molecule has 2 heterocycles. The van der Waals surface area contributed by atoms with Crippen LogP contribution in [0.25, 0.3) is 10.2 Å². The first-order chi connectivity index (χ1) is 6.72. The van der Waals surface area contributed by atoms with E-state index in [1.165, 1.54) is 0 Å². The Balaban J connectivity index is 2.68. The molecule has 2 aromatic heterocycles. The summed E-state index contributed by atoms with van der Waals surface area (Å²) in [4.78, 5) is 8.44. The molecule has 74 valence electrons. The minimum absolute atomic E-state index is 0.333. The number of aromatic nitrogens is 2. The minimum atomic E-state index is 0.333. The van der Waals surface area contributed by atoms with Gasteiger partial charge in [0.25, 0.3) is 0 Å². The molecule has 0 unspecified atom stereocenters. The lowest BCUT2D eigenvalue weighted by Crippen LogP contribution is -1.92. The van der Waals surface area contributed by atoms with Crippen molar-refractivity contribution in [3.05, 3.63) is 20.8 Å². The van der Waals surface area contributed by atoms with Crippen molar-refractivity contribution in [3.63, 3.8) is 0 Å². The Bertz CT molecular complexity index is 469. The molecule has 0 amide bonds. The second-order valence-corrected chi connectivity index (χ2v) is 5.02. The van der Waals surface area contributed by atoms with Crippen LogP contribution >= 0.6 is 38.9 Å². The van der Waals surface area contributed by atoms with E-state index in [-0.39, 0.29) is 0 Å². The summed E-state index contributed by atoms with van der Waals surface area (Å²) in [5.41, 5.74) is 1.98. The van der Waals surface area contributed by atoms with Gasteiger partial charge in [0, 0.05) is 5.38 Å². The van der Waals surface area contributed by atoms with E-state index in [4.69, 9.17) is 11.6 Å². The maximum absolute atomic E-state index is 5.85. The third kappa shape index (κ3) is 1.78. The van der Waals surface area contributed by atoms with Gasteiger partial charge >= 0.3 is 0 Å². The maximum Gasteiger partial charge on any atom is 0.223 e. The first kappa shape index (κ1) is 10.3. The van der Waals surface area contributed by atoms with Crippen LogP contribution in [-0.4, -0.2) is 9.97 Å². The molecule has 0 aliphatic rings. The van der Waals surface area contributed by atoms with Gasteiger partial charge in [-0.05, 0) is 34.0 Å². The monoisotopic (exact) mass is 290 g/mol. The van der Waals surface area contributed by atoms with Gasteiger partial charge in [-0.15, -0.1) is 11.3 Å². The zero-order valence-electron chi connectivity index (χ0n) is 7.55. The van der Waals surface area contributed by atoms with E-state index in [1.54, 1.807) is 11.3 Å². The number of rotatable bonds is 2. The van der Waals surface area contributed by atoms with E-state index in [9.17, 15) is 0 Å². The first-order valence-electron chi connectivity index (χ1n) is 4.31. The lowest BCUT2D eigenvalue weighted by atomic mass is 10.2. The normalized spacial score (nSPS) is 11.1. The fraction of sp³-hybridized carbons (Fsp3) is 0.333. The van der Waals surface area contributed by atoms with E-state index in [1.807, 2.05) is 5.38 Å². The van der Waals surface area contributed by atoms with Crippen LogP contribution in [0.2, 0.25) is 5.28 Å². The average molecular weight is 292 g/mol. The van der Waals surface area contributed by atoms with E-state index in [2.05, 4.69) is 32.8 Å². The van der Waals surface area contributed by atoms with Crippen molar-refractivity contribution in [1.29, 1.82) is 0 Å². The van der Waals surface area contributed by atoms with Crippen LogP contribution in [0, 0.1) is 0 Å². The van der Waals surface area contributed by atoms with Crippen LogP contribution in [0.4, 0.5) is 0 Å². The van der Waals surface area contributed by atoms with Crippen molar-refractivity contribution in [2.75, 3.05) is 0 Å². The zero-order chi connectivity index (χ0) is 10.1. The van der Waals surface area contributed by atoms with Crippen molar-refractivity contribution < 1.29 is 0 Å². The Labute approximate surface area is 99.5 Å². The molecule has 0 N–H and O–H groups in total. The van der Waals surface area contributed by atoms with Crippen LogP contribution < -0.4 is 0 Å². The number of aryl methyl sites for hydroxylation is 1. The average Bonchev–Trinajstić information content (AvgIpc) is 2.49. The minimum Gasteiger partial charge on any atom is -0.221 e. The maximum atomic E-state index is 5.85. The van der Waals surface area contributed by atoms with Gasteiger partial charge in [-0.1, -0.05) is 13.3 Å². The Morgan fingerprint density at radius 3 is 3.00 bits per heavy atom. The van der Waals surface area contributed by atoms with Gasteiger partial charge < -0.3 is 0 Å². The van der Waals surface area contributed by atoms with Gasteiger partial charge in [-0.2, -0.15) is 0 Å². The van der Waals surface area contributed by atoms with Crippen LogP contribution in [-0.2, 0) is 6.42 Å². The first-order valence-corrected chi connectivity index (χ1v) is 6.36. The second-order valence-electron chi connectivity index (χ2n) is 2.95. The molecule has 0 aliphatic heterocycles. The molecule has 5 heteroatoms. The molecule has 0 aromatic carbocycles. The van der Waals surface area contributed by atoms with Gasteiger partial charge in [0.2, 0.25) is 5.28 Å². The molecule has 14 heavy (non-hydrogen) atoms. The van der Waals surface area contributed by atoms with Gasteiger partial charge in [0.05, 0.1) is 14.9 Å². The summed E-state index contributed by atoms with van der Waals surface area (Å²) in [5, 5.41) is 2.36. The highest BCUT2D eigenvalue weighted by atomic mass is 79.9. The smallest absolute Gasteiger partial charge is 0.221 e. The van der Waals surface area contributed by atoms with Crippen molar-refractivity contribution in [2.24, 2.45) is 0 Å². The van der Waals surface area contributed by atoms with E-state index in [0.29, 0.717) is 5.28 Å². The summed E-state index contributed by atoms with van der Waals surface area (Å²) in [6, 6.07) is 0. The molecule has 2 nitrogen and oxygen atoms in total. The summed E-state index contributed by atoms with van der Waals surface area (Å²) in [6.45, 7) is 2.13. The SMILES string of the molecule is CCCc1nc(Cl)nc2c(Br)csc12. The summed E-state index contributed by atoms with van der Waals surface area (Å²) in [5.74, 6) is 0. The number of nitrogens with zero attached hydrogens (tertiary/aromatic N) is 2. The van der Waals surface area contributed by atoms with E-state index < -0.39 is 0 Å². The van der Waals surface area contributed by atoms with Crippen LogP contribution in [0.15, 0.2) is 9.85 Å². The Morgan fingerprint density at radius 2 is 2.29 bits per heavy atom. The van der Waals surface area contributed by atoms with Crippen LogP contribution in [0.1, 0.15) is 19.0 Å². The number of fused-ring (bicyclic) bond motifs is 1. The quantitative estimate of drug-likeness (QED) is 0.780. The Kier molecular flexibility index (Phi) is 3.04. The van der Waals surface area contributed by atoms with E-state index in [0.717, 1.165) is 33.2 Å². The predicted octanol–water partition coefficient (Wildman–Crippen LogP) is 4.06. The van der Waals surface area contributed by atoms with Crippen LogP contribution in [0.3, 0.4) is 0 Å². The largest absolute Gasteiger partial charge is 0.223 e. The Morgan fingerprint density at radius 1 is 1.50 bits per heavy atom. The standard InChI is InChI=1S/C9H8BrClN2S/c1-2-3-6-8-7(5(10)4-14-8)13-9(11)12-6/h4H,2-3H2,1H3. The number of thiophene rings is 1. The van der Waals surface area contributed by atoms with Crippen molar-refractivity contribution >= 4 is 49.1 Å². The second kappa shape index (κ2) is 4.13. The van der Waals surface area contributed by atoms with Crippen molar-refractivity contribution in [3.8, 4) is 0 Å². The summed E-state index contributed by atoms with van der Waals surface area (Å²) in [7, 11) is 0. The number of hydrogen-bond acceptors (Lipinski definition) is 3. The third-order valence-electron chi connectivity index (χ3n) is 1.90. The molecule has 0 saturated carbocycles. The molecular weight excluding hydrogens is 284 g/mol. The van der Waals surface area contributed by atoms with Gasteiger partial charge in [-0.25, -0.2) is 9.97 Å². The van der Waals surface area contributed by atoms with Crippen LogP contribution in [0.5, 0.6) is 0 Å². The highest BCUT2D eigenvalue weighted by molar-refractivity contribution is 9.10. The summed E-state index contributed by atoms with van der Waals surface area (Å²) in [6.07, 6.45) is 2.02. The third-order valence-corrected chi connectivity index (χ3v) is 4.00. The lowest BCUT2D eigenvalue weighted by molar-refractivity contribution is 0.889. The van der Waals surface area contributed by atoms with E-state index >= 15 is 0 Å². The topological polar surface area (TPSA) is 25.8 Å². The highest BCUT2D eigenvalue weighted by Gasteiger charge is 2.10. The van der Waals surface area contributed by atoms with Crippen molar-refractivity contribution in [2.45, 2.75) is 19.8 Å². The molecule has 0 saturated heterocycles. The lowest BCUT2D eigenvalue weighted by Gasteiger charge is -2.00. The molecule has 0 fully saturated rings. The van der Waals surface area contributed by atoms with Crippen molar-refractivity contribution in [1.82, 2.24) is 9.97 Å². The molecular formula is C9H8BrClN2S. The van der Waals surface area contributed by atoms with Gasteiger partial charge in [0.1, 0.15) is 5.52 Å². The molecule has 0 atom stereocenters. The highest BCUT2D eigenvalue weighted by Crippen LogP contribution is 2.31. The molecule has 0 radical (unpaired) electrons. The summed E-state index contributed by atoms with van der Waals surface area (Å²) >= 11 is 11.0. The fourth-order valence-electron chi connectivity index (χ4n) is 1.33. The van der Waals surface area contributed by atoms with Gasteiger partial charge in [-0.3, -0.25) is 0 Å². The molecule has 0 bridgehead atoms. The molecule has 0 spiro atoms. The molecule has 0 aliphatic carbocycles. The Hall–Kier alpha value is -0.190. The molecule has 2 aromatic rings. The number of halogens is 2. The zero-order valence-corrected chi connectivity index (χ0v) is 10.7. The number of hydrogen-bond donors (Lipinski definition) is 0.